The number of nitrogens with zero attached hydrogens (tertiary/aromatic N) is 4. The normalized spacial score (nSPS) is 16.2. The lowest BCUT2D eigenvalue weighted by Gasteiger charge is -2.44. The van der Waals surface area contributed by atoms with Crippen LogP contribution < -0.4 is 14.5 Å². The van der Waals surface area contributed by atoms with Crippen LogP contribution in [0.1, 0.15) is 30.7 Å². The Kier molecular flexibility index (Phi) is 7.77. The van der Waals surface area contributed by atoms with Crippen LogP contribution in [0.3, 0.4) is 0 Å². The van der Waals surface area contributed by atoms with E-state index in [0.29, 0.717) is 49.9 Å². The number of hydrogen-bond donors (Lipinski definition) is 0. The average Bonchev–Trinajstić information content (AvgIpc) is 2.86. The molecule has 0 radical (unpaired) electrons. The smallest absolute Gasteiger partial charge is 0.298 e. The summed E-state index contributed by atoms with van der Waals surface area (Å²) in [7, 11) is -3.67. The maximum atomic E-state index is 14.1. The summed E-state index contributed by atoms with van der Waals surface area (Å²) >= 11 is 0. The van der Waals surface area contributed by atoms with Crippen LogP contribution in [-0.2, 0) is 21.1 Å². The number of aryl methyl sites for hydroxylation is 1. The van der Waals surface area contributed by atoms with Crippen LogP contribution in [-0.4, -0.2) is 56.8 Å². The van der Waals surface area contributed by atoms with Crippen molar-refractivity contribution in [2.45, 2.75) is 38.1 Å². The molecule has 1 aliphatic rings. The molecule has 8 nitrogen and oxygen atoms in total. The van der Waals surface area contributed by atoms with Gasteiger partial charge in [-0.25, -0.2) is 22.8 Å². The molecule has 2 heterocycles. The molecule has 0 spiro atoms. The summed E-state index contributed by atoms with van der Waals surface area (Å²) in [6, 6.07) is 11.7. The number of hydrogen-bond acceptors (Lipinski definition) is 8. The highest BCUT2D eigenvalue weighted by atomic mass is 32.2. The van der Waals surface area contributed by atoms with Crippen molar-refractivity contribution in [3.05, 3.63) is 71.3 Å². The second kappa shape index (κ2) is 10.8. The molecule has 1 aromatic heterocycles. The molecule has 1 atom stereocenters. The van der Waals surface area contributed by atoms with E-state index in [-0.39, 0.29) is 16.9 Å². The summed E-state index contributed by atoms with van der Waals surface area (Å²) in [6.45, 7) is 8.54. The zero-order chi connectivity index (χ0) is 26.7. The lowest BCUT2D eigenvalue weighted by Crippen LogP contribution is -2.56. The zero-order valence-electron chi connectivity index (χ0n) is 21.4. The van der Waals surface area contributed by atoms with Gasteiger partial charge in [-0.1, -0.05) is 26.0 Å². The number of benzene rings is 2. The van der Waals surface area contributed by atoms with Crippen LogP contribution in [0.5, 0.6) is 5.75 Å². The number of carbonyl (C=O) groups excluding carboxylic acids is 1. The van der Waals surface area contributed by atoms with Crippen molar-refractivity contribution in [1.82, 2.24) is 9.97 Å². The molecule has 1 fully saturated rings. The summed E-state index contributed by atoms with van der Waals surface area (Å²) < 4.78 is 43.0. The van der Waals surface area contributed by atoms with Gasteiger partial charge >= 0.3 is 0 Å². The Bertz CT molecular complexity index is 1380. The fourth-order valence-corrected chi connectivity index (χ4v) is 5.35. The Hall–Kier alpha value is -3.53. The molecule has 37 heavy (non-hydrogen) atoms. The first-order chi connectivity index (χ1) is 17.6. The minimum atomic E-state index is -3.67. The number of aromatic nitrogens is 2. The lowest BCUT2D eigenvalue weighted by molar-refractivity contribution is -0.120. The monoisotopic (exact) mass is 526 g/mol. The highest BCUT2D eigenvalue weighted by Crippen LogP contribution is 2.29. The summed E-state index contributed by atoms with van der Waals surface area (Å²) in [5, 5.41) is 0. The van der Waals surface area contributed by atoms with Crippen LogP contribution in [0.15, 0.2) is 53.6 Å². The largest absolute Gasteiger partial charge is 0.429 e. The first-order valence-electron chi connectivity index (χ1n) is 12.1. The van der Waals surface area contributed by atoms with Crippen LogP contribution in [0.25, 0.3) is 0 Å². The maximum Gasteiger partial charge on any atom is 0.298 e. The minimum absolute atomic E-state index is 0.0797. The Morgan fingerprint density at radius 2 is 1.89 bits per heavy atom. The molecular weight excluding hydrogens is 495 g/mol. The number of carbonyl (C=O) groups is 1. The second-order valence-electron chi connectivity index (χ2n) is 9.65. The topological polar surface area (TPSA) is 92.7 Å². The quantitative estimate of drug-likeness (QED) is 0.409. The van der Waals surface area contributed by atoms with Gasteiger partial charge in [0, 0.05) is 49.9 Å². The predicted octanol–water partition coefficient (Wildman–Crippen LogP) is 3.80. The number of sulfone groups is 1. The van der Waals surface area contributed by atoms with Crippen LogP contribution in [0.2, 0.25) is 0 Å². The average molecular weight is 527 g/mol. The van der Waals surface area contributed by atoms with Gasteiger partial charge in [0.05, 0.1) is 6.04 Å². The van der Waals surface area contributed by atoms with Gasteiger partial charge in [0.15, 0.2) is 9.84 Å². The second-order valence-corrected chi connectivity index (χ2v) is 11.6. The minimum Gasteiger partial charge on any atom is -0.429 e. The van der Waals surface area contributed by atoms with Gasteiger partial charge in [0.2, 0.25) is 5.95 Å². The Balaban J connectivity index is 1.52. The van der Waals surface area contributed by atoms with E-state index in [1.165, 1.54) is 12.1 Å². The molecule has 196 valence electrons. The van der Waals surface area contributed by atoms with Crippen LogP contribution in [0.4, 0.5) is 16.0 Å². The predicted molar refractivity (Wildman–Crippen MR) is 140 cm³/mol. The summed E-state index contributed by atoms with van der Waals surface area (Å²) in [5.74, 6) is 0.687. The summed E-state index contributed by atoms with van der Waals surface area (Å²) in [4.78, 5) is 24.0. The van der Waals surface area contributed by atoms with Crippen LogP contribution in [0, 0.1) is 18.7 Å². The van der Waals surface area contributed by atoms with Crippen molar-refractivity contribution in [1.29, 1.82) is 0 Å². The molecule has 0 unspecified atom stereocenters. The molecule has 2 aromatic carbocycles. The molecule has 3 aromatic rings. The van der Waals surface area contributed by atoms with Gasteiger partial charge in [-0.05, 0) is 54.3 Å². The molecule has 0 saturated carbocycles. The van der Waals surface area contributed by atoms with Gasteiger partial charge in [0.1, 0.15) is 16.5 Å². The van der Waals surface area contributed by atoms with E-state index >= 15 is 0 Å². The molecule has 4 rings (SSSR count). The van der Waals surface area contributed by atoms with E-state index in [1.54, 1.807) is 18.2 Å². The summed E-state index contributed by atoms with van der Waals surface area (Å²) in [5.41, 5.74) is 3.63. The molecular formula is C27H31FN4O4S. The van der Waals surface area contributed by atoms with E-state index in [1.807, 2.05) is 25.3 Å². The Morgan fingerprint density at radius 3 is 2.51 bits per heavy atom. The van der Waals surface area contributed by atoms with Crippen LogP contribution >= 0.6 is 0 Å². The first-order valence-corrected chi connectivity index (χ1v) is 14.0. The van der Waals surface area contributed by atoms with Gasteiger partial charge < -0.3 is 14.5 Å². The molecule has 1 saturated heterocycles. The van der Waals surface area contributed by atoms with Crippen molar-refractivity contribution in [2.24, 2.45) is 5.92 Å². The number of ether oxygens (including phenoxy) is 1. The van der Waals surface area contributed by atoms with Crippen molar-refractivity contribution >= 4 is 27.9 Å². The number of halogens is 1. The SMILES string of the molecule is Cc1nc(N2CCN(c3ccc(F)c(S(C)(=O)=O)c3)C[C@H]2C(C)C)ncc1Cc1ccc(OC=O)cc1. The number of rotatable bonds is 8. The van der Waals surface area contributed by atoms with Gasteiger partial charge in [-0.3, -0.25) is 4.79 Å². The molecule has 1 aliphatic heterocycles. The number of piperazine rings is 1. The third kappa shape index (κ3) is 6.07. The first kappa shape index (κ1) is 26.5. The molecule has 0 N–H and O–H groups in total. The Morgan fingerprint density at radius 1 is 1.16 bits per heavy atom. The fourth-order valence-electron chi connectivity index (χ4n) is 4.59. The highest BCUT2D eigenvalue weighted by molar-refractivity contribution is 7.90. The number of anilines is 2. The highest BCUT2D eigenvalue weighted by Gasteiger charge is 2.32. The summed E-state index contributed by atoms with van der Waals surface area (Å²) in [6.07, 6.45) is 3.53. The third-order valence-corrected chi connectivity index (χ3v) is 7.81. The maximum absolute atomic E-state index is 14.1. The van der Waals surface area contributed by atoms with Crippen molar-refractivity contribution in [3.8, 4) is 5.75 Å². The lowest BCUT2D eigenvalue weighted by atomic mass is 9.99. The zero-order valence-corrected chi connectivity index (χ0v) is 22.2. The van der Waals surface area contributed by atoms with Gasteiger partial charge in [0.25, 0.3) is 6.47 Å². The molecule has 0 amide bonds. The standard InChI is InChI=1S/C27H31FN4O4S/c1-18(2)25-16-31(22-7-10-24(28)26(14-22)37(4,34)35)11-12-32(25)27-29-15-21(19(3)30-27)13-20-5-8-23(9-6-20)36-17-33/h5-10,14-15,17-18,25H,11-13,16H2,1-4H3/t25-/m0/s1. The van der Waals surface area contributed by atoms with Crippen molar-refractivity contribution in [3.63, 3.8) is 0 Å². The van der Waals surface area contributed by atoms with E-state index in [2.05, 4.69) is 23.6 Å². The van der Waals surface area contributed by atoms with E-state index in [0.717, 1.165) is 23.1 Å². The molecule has 0 bridgehead atoms. The van der Waals surface area contributed by atoms with Crippen molar-refractivity contribution in [2.75, 3.05) is 35.7 Å². The van der Waals surface area contributed by atoms with E-state index in [4.69, 9.17) is 14.7 Å². The fraction of sp³-hybridized carbons (Fsp3) is 0.370. The molecule has 10 heteroatoms. The third-order valence-electron chi connectivity index (χ3n) is 6.69. The van der Waals surface area contributed by atoms with E-state index < -0.39 is 15.7 Å². The van der Waals surface area contributed by atoms with Gasteiger partial charge in [-0.2, -0.15) is 0 Å². The molecule has 0 aliphatic carbocycles. The van der Waals surface area contributed by atoms with Crippen molar-refractivity contribution < 1.29 is 22.3 Å². The van der Waals surface area contributed by atoms with E-state index in [9.17, 15) is 17.6 Å². The Labute approximate surface area is 217 Å². The van der Waals surface area contributed by atoms with Gasteiger partial charge in [-0.15, -0.1) is 0 Å².